The number of ether oxygens (including phenoxy) is 2. The Balaban J connectivity index is 1.94. The molecule has 164 valence electrons. The lowest BCUT2D eigenvalue weighted by Gasteiger charge is -2.56. The minimum absolute atomic E-state index is 0.103. The van der Waals surface area contributed by atoms with Gasteiger partial charge in [0.1, 0.15) is 12.4 Å². The predicted octanol–water partition coefficient (Wildman–Crippen LogP) is 2.58. The first-order chi connectivity index (χ1) is 13.9. The second kappa shape index (κ2) is 7.81. The summed E-state index contributed by atoms with van der Waals surface area (Å²) in [6, 6.07) is 4.30. The molecule has 1 aromatic carbocycles. The molecule has 0 bridgehead atoms. The van der Waals surface area contributed by atoms with E-state index in [2.05, 4.69) is 39.2 Å². The number of methoxy groups -OCH3 is 1. The van der Waals surface area contributed by atoms with Crippen LogP contribution in [0.25, 0.3) is 0 Å². The number of carbonyl (C=O) groups is 3. The quantitative estimate of drug-likeness (QED) is 0.436. The summed E-state index contributed by atoms with van der Waals surface area (Å²) in [6.45, 7) is 12.5. The third kappa shape index (κ3) is 3.67. The van der Waals surface area contributed by atoms with Crippen molar-refractivity contribution >= 4 is 26.7 Å². The van der Waals surface area contributed by atoms with E-state index in [4.69, 9.17) is 13.9 Å². The average Bonchev–Trinajstić information content (AvgIpc) is 2.64. The molecule has 0 spiro atoms. The number of nitrogens with one attached hydrogen (secondary N) is 1. The van der Waals surface area contributed by atoms with Crippen LogP contribution in [0.3, 0.4) is 0 Å². The highest BCUT2D eigenvalue weighted by Gasteiger charge is 2.60. The Morgan fingerprint density at radius 3 is 2.40 bits per heavy atom. The molecular weight excluding hydrogens is 402 g/mol. The van der Waals surface area contributed by atoms with E-state index < -0.39 is 38.5 Å². The minimum atomic E-state index is -1.47. The van der Waals surface area contributed by atoms with Crippen LogP contribution in [0.5, 0.6) is 5.75 Å². The lowest BCUT2D eigenvalue weighted by atomic mass is 9.61. The van der Waals surface area contributed by atoms with Gasteiger partial charge in [0.25, 0.3) is 0 Å². The highest BCUT2D eigenvalue weighted by molar-refractivity contribution is 6.48. The van der Waals surface area contributed by atoms with Crippen molar-refractivity contribution in [3.05, 3.63) is 29.3 Å². The first-order valence-electron chi connectivity index (χ1n) is 10.3. The van der Waals surface area contributed by atoms with E-state index in [9.17, 15) is 14.4 Å². The number of esters is 1. The molecule has 0 unspecified atom stereocenters. The largest absolute Gasteiger partial charge is 0.492 e. The number of hydrogen-bond donors (Lipinski definition) is 1. The Kier molecular flexibility index (Phi) is 5.86. The van der Waals surface area contributed by atoms with Gasteiger partial charge >= 0.3 is 5.97 Å². The summed E-state index contributed by atoms with van der Waals surface area (Å²) in [4.78, 5) is 37.9. The van der Waals surface area contributed by atoms with Crippen LogP contribution < -0.4 is 10.1 Å². The summed E-state index contributed by atoms with van der Waals surface area (Å²) in [6.07, 6.45) is 0. The molecule has 1 saturated heterocycles. The molecule has 1 aromatic rings. The molecule has 1 amide bonds. The number of fused-ring (bicyclic) bond motifs is 1. The Bertz CT molecular complexity index is 877. The number of β-lactam (4-membered cyclic amide) rings is 1. The van der Waals surface area contributed by atoms with Gasteiger partial charge in [-0.15, -0.1) is 0 Å². The number of carbonyl (C=O) groups excluding carboxylic acids is 3. The van der Waals surface area contributed by atoms with Gasteiger partial charge in [0.2, 0.25) is 5.91 Å². The van der Waals surface area contributed by atoms with E-state index in [0.29, 0.717) is 11.3 Å². The molecule has 0 saturated carbocycles. The summed E-state index contributed by atoms with van der Waals surface area (Å²) in [5.74, 6) is -1.33. The Morgan fingerprint density at radius 1 is 1.20 bits per heavy atom. The molecule has 1 N–H and O–H groups in total. The van der Waals surface area contributed by atoms with Crippen molar-refractivity contribution < 1.29 is 28.3 Å². The zero-order valence-corrected chi connectivity index (χ0v) is 19.9. The smallest absolute Gasteiger partial charge is 0.337 e. The van der Waals surface area contributed by atoms with E-state index in [1.165, 1.54) is 13.2 Å². The fourth-order valence-corrected chi connectivity index (χ4v) is 5.83. The van der Waals surface area contributed by atoms with Gasteiger partial charge in [-0.2, -0.15) is 0 Å². The van der Waals surface area contributed by atoms with Crippen molar-refractivity contribution in [2.75, 3.05) is 13.7 Å². The van der Waals surface area contributed by atoms with Gasteiger partial charge in [0, 0.05) is 0 Å². The number of rotatable bonds is 5. The maximum atomic E-state index is 13.3. The Hall–Kier alpha value is -2.19. The van der Waals surface area contributed by atoms with Crippen LogP contribution in [0, 0.1) is 17.3 Å². The number of amides is 1. The number of Topliss-reactive ketones (excluding diaryl/α,β-unsaturated/α-hetero) is 1. The van der Waals surface area contributed by atoms with E-state index in [0.717, 1.165) is 0 Å². The Labute approximate surface area is 179 Å². The zero-order chi connectivity index (χ0) is 22.4. The molecule has 0 aliphatic carbocycles. The van der Waals surface area contributed by atoms with Crippen molar-refractivity contribution in [1.82, 2.24) is 5.32 Å². The molecule has 8 heteroatoms. The van der Waals surface area contributed by atoms with Gasteiger partial charge in [-0.25, -0.2) is 4.79 Å². The maximum Gasteiger partial charge on any atom is 0.337 e. The number of ketones is 1. The number of benzene rings is 1. The molecule has 4 atom stereocenters. The molecule has 3 rings (SSSR count). The second-order valence-electron chi connectivity index (χ2n) is 9.52. The van der Waals surface area contributed by atoms with Crippen LogP contribution in [0.2, 0.25) is 13.1 Å². The lowest BCUT2D eigenvalue weighted by molar-refractivity contribution is -0.162. The summed E-state index contributed by atoms with van der Waals surface area (Å²) in [5, 5.41) is 2.93. The summed E-state index contributed by atoms with van der Waals surface area (Å²) < 4.78 is 17.0. The Morgan fingerprint density at radius 2 is 1.87 bits per heavy atom. The SMILES string of the molecule is COC(=O)c1ccc2c(c1)C(=O)[C@H]([C@H]1NC(=O)[C@@H]1[C@@](C)(O[SiH](C)C)C(C)(C)C)CO2. The van der Waals surface area contributed by atoms with E-state index >= 15 is 0 Å². The minimum Gasteiger partial charge on any atom is -0.492 e. The lowest BCUT2D eigenvalue weighted by Crippen LogP contribution is -2.73. The van der Waals surface area contributed by atoms with Crippen molar-refractivity contribution in [3.63, 3.8) is 0 Å². The molecule has 0 radical (unpaired) electrons. The molecular formula is C22H31NO6Si. The van der Waals surface area contributed by atoms with Gasteiger partial charge in [-0.05, 0) is 43.6 Å². The second-order valence-corrected chi connectivity index (χ2v) is 11.9. The normalized spacial score (nSPS) is 25.5. The van der Waals surface area contributed by atoms with Gasteiger partial charge in [0.15, 0.2) is 14.8 Å². The molecule has 2 aliphatic rings. The summed E-state index contributed by atoms with van der Waals surface area (Å²) >= 11 is 0. The van der Waals surface area contributed by atoms with Crippen LogP contribution in [0.1, 0.15) is 48.4 Å². The van der Waals surface area contributed by atoms with E-state index in [-0.39, 0.29) is 29.3 Å². The first kappa shape index (κ1) is 22.5. The van der Waals surface area contributed by atoms with Crippen LogP contribution in [-0.4, -0.2) is 52.1 Å². The van der Waals surface area contributed by atoms with Crippen molar-refractivity contribution in [3.8, 4) is 5.75 Å². The van der Waals surface area contributed by atoms with E-state index in [1.807, 2.05) is 6.92 Å². The number of hydrogen-bond acceptors (Lipinski definition) is 6. The van der Waals surface area contributed by atoms with Crippen molar-refractivity contribution in [1.29, 1.82) is 0 Å². The van der Waals surface area contributed by atoms with Gasteiger partial charge in [-0.3, -0.25) is 9.59 Å². The molecule has 0 aromatic heterocycles. The van der Waals surface area contributed by atoms with Gasteiger partial charge < -0.3 is 19.2 Å². The monoisotopic (exact) mass is 433 g/mol. The molecule has 30 heavy (non-hydrogen) atoms. The fraction of sp³-hybridized carbons (Fsp3) is 0.591. The van der Waals surface area contributed by atoms with Crippen LogP contribution in [0.15, 0.2) is 18.2 Å². The highest BCUT2D eigenvalue weighted by atomic mass is 28.3. The van der Waals surface area contributed by atoms with Gasteiger partial charge in [0.05, 0.1) is 41.7 Å². The maximum absolute atomic E-state index is 13.3. The fourth-order valence-electron chi connectivity index (χ4n) is 4.35. The first-order valence-corrected chi connectivity index (χ1v) is 13.1. The summed E-state index contributed by atoms with van der Waals surface area (Å²) in [7, 11) is -0.174. The van der Waals surface area contributed by atoms with Crippen LogP contribution in [0.4, 0.5) is 0 Å². The predicted molar refractivity (Wildman–Crippen MR) is 114 cm³/mol. The summed E-state index contributed by atoms with van der Waals surface area (Å²) in [5.41, 5.74) is -0.392. The standard InChI is InChI=1S/C22H31NO6Si/c1-21(2,3)22(4,29-30(6)7)16-17(23-19(16)25)14-11-28-15-9-8-12(20(26)27-5)10-13(15)18(14)24/h8-10,14,16-17,30H,11H2,1-7H3,(H,23,25)/t14-,16+,17+,22+/m0/s1. The van der Waals surface area contributed by atoms with Gasteiger partial charge in [-0.1, -0.05) is 20.8 Å². The van der Waals surface area contributed by atoms with Crippen LogP contribution in [-0.2, 0) is 14.0 Å². The van der Waals surface area contributed by atoms with Crippen molar-refractivity contribution in [2.24, 2.45) is 17.3 Å². The topological polar surface area (TPSA) is 90.9 Å². The highest BCUT2D eigenvalue weighted by Crippen LogP contribution is 2.47. The van der Waals surface area contributed by atoms with E-state index in [1.54, 1.807) is 12.1 Å². The molecule has 7 nitrogen and oxygen atoms in total. The van der Waals surface area contributed by atoms with Crippen molar-refractivity contribution in [2.45, 2.75) is 52.4 Å². The van der Waals surface area contributed by atoms with Crippen LogP contribution >= 0.6 is 0 Å². The molecule has 2 heterocycles. The third-order valence-corrected chi connectivity index (χ3v) is 7.33. The molecule has 2 aliphatic heterocycles. The average molecular weight is 434 g/mol. The molecule has 1 fully saturated rings. The zero-order valence-electron chi connectivity index (χ0n) is 18.7. The third-order valence-electron chi connectivity index (χ3n) is 6.37.